The normalized spacial score (nSPS) is 27.0. The van der Waals surface area contributed by atoms with Gasteiger partial charge in [-0.3, -0.25) is 0 Å². The number of ether oxygens (including phenoxy) is 2. The molecule has 6 nitrogen and oxygen atoms in total. The quantitative estimate of drug-likeness (QED) is 0.727. The highest BCUT2D eigenvalue weighted by atomic mass is 32.2. The van der Waals surface area contributed by atoms with Crippen molar-refractivity contribution in [2.75, 3.05) is 25.1 Å². The molecule has 29 heavy (non-hydrogen) atoms. The second-order valence-electron chi connectivity index (χ2n) is 9.13. The number of hydrogen-bond acceptors (Lipinski definition) is 5. The zero-order chi connectivity index (χ0) is 23.9. The number of carbonyl (C=O) groups is 1. The van der Waals surface area contributed by atoms with E-state index in [1.54, 1.807) is 24.0 Å². The minimum Gasteiger partial charge on any atom is -0.496 e. The fourth-order valence-corrected chi connectivity index (χ4v) is 6.16. The first-order chi connectivity index (χ1) is 14.7. The van der Waals surface area contributed by atoms with Crippen LogP contribution in [0.3, 0.4) is 0 Å². The third-order valence-corrected chi connectivity index (χ3v) is 7.75. The molecule has 1 aromatic carbocycles. The monoisotopic (exact) mass is 426 g/mol. The third-order valence-electron chi connectivity index (χ3n) is 6.03. The highest BCUT2D eigenvalue weighted by Gasteiger charge is 2.45. The van der Waals surface area contributed by atoms with Gasteiger partial charge in [0.1, 0.15) is 21.2 Å². The molecule has 1 aromatic rings. The number of rotatable bonds is 3. The lowest BCUT2D eigenvalue weighted by atomic mass is 9.79. The molecule has 3 rings (SSSR count). The van der Waals surface area contributed by atoms with Gasteiger partial charge in [0.2, 0.25) is 0 Å². The van der Waals surface area contributed by atoms with Crippen LogP contribution in [0.5, 0.6) is 5.75 Å². The van der Waals surface area contributed by atoms with E-state index in [-0.39, 0.29) is 35.1 Å². The Morgan fingerprint density at radius 3 is 2.52 bits per heavy atom. The molecule has 2 fully saturated rings. The molecule has 0 spiro atoms. The molecule has 7 heteroatoms. The lowest BCUT2D eigenvalue weighted by Gasteiger charge is -2.36. The number of amides is 1. The van der Waals surface area contributed by atoms with Gasteiger partial charge < -0.3 is 14.4 Å². The largest absolute Gasteiger partial charge is 0.496 e. The molecular weight excluding hydrogens is 390 g/mol. The molecule has 1 amide bonds. The molecule has 0 aliphatic carbocycles. The van der Waals surface area contributed by atoms with Gasteiger partial charge in [0.25, 0.3) is 0 Å². The molecule has 2 saturated heterocycles. The summed E-state index contributed by atoms with van der Waals surface area (Å²) in [6.45, 7) is 7.74. The van der Waals surface area contributed by atoms with Gasteiger partial charge in [-0.1, -0.05) is 12.1 Å². The van der Waals surface area contributed by atoms with E-state index in [0.29, 0.717) is 24.9 Å². The number of benzene rings is 1. The summed E-state index contributed by atoms with van der Waals surface area (Å²) in [6, 6.07) is 4.90. The Labute approximate surface area is 178 Å². The number of sulfone groups is 1. The fourth-order valence-electron chi connectivity index (χ4n) is 4.63. The van der Waals surface area contributed by atoms with E-state index in [0.717, 1.165) is 12.0 Å². The second kappa shape index (κ2) is 8.17. The number of carbonyl (C=O) groups excluding carboxylic acids is 1. The first-order valence-corrected chi connectivity index (χ1v) is 12.0. The molecule has 2 atom stereocenters. The molecular formula is C22H33NO5S. The van der Waals surface area contributed by atoms with E-state index in [9.17, 15) is 13.2 Å². The van der Waals surface area contributed by atoms with Crippen molar-refractivity contribution in [1.82, 2.24) is 4.90 Å². The maximum Gasteiger partial charge on any atom is 0.410 e. The Bertz CT molecular complexity index is 941. The van der Waals surface area contributed by atoms with Gasteiger partial charge in [-0.2, -0.15) is 0 Å². The van der Waals surface area contributed by atoms with Crippen molar-refractivity contribution in [3.63, 3.8) is 0 Å². The Kier molecular flexibility index (Phi) is 5.08. The van der Waals surface area contributed by atoms with Crippen molar-refractivity contribution in [2.45, 2.75) is 58.6 Å². The van der Waals surface area contributed by atoms with Gasteiger partial charge in [0.15, 0.2) is 0 Å². The van der Waals surface area contributed by atoms with E-state index >= 15 is 0 Å². The fraction of sp³-hybridized carbons (Fsp3) is 0.682. The number of methoxy groups -OCH3 is 1. The molecule has 0 bridgehead atoms. The molecule has 1 unspecified atom stereocenters. The third kappa shape index (κ3) is 4.87. The summed E-state index contributed by atoms with van der Waals surface area (Å²) in [6.07, 6.45) is 1.44. The van der Waals surface area contributed by atoms with Gasteiger partial charge in [-0.05, 0) is 76.0 Å². The highest BCUT2D eigenvalue weighted by Crippen LogP contribution is 2.47. The van der Waals surface area contributed by atoms with E-state index in [2.05, 4.69) is 0 Å². The van der Waals surface area contributed by atoms with Crippen LogP contribution in [-0.4, -0.2) is 50.1 Å². The number of nitrogens with zero attached hydrogens (tertiary/aromatic N) is 1. The SMILES string of the molecule is [2H]C([2H])([2H])Oc1cccc([C@@H]2C(C3CCS(=O)(=O)CC3)CCN2C(=O)OC(C)(C)C)c1C. The molecule has 0 N–H and O–H groups in total. The van der Waals surface area contributed by atoms with E-state index < -0.39 is 28.6 Å². The van der Waals surface area contributed by atoms with Crippen LogP contribution in [0.1, 0.15) is 61.3 Å². The number of likely N-dealkylation sites (tertiary alicyclic amines) is 1. The van der Waals surface area contributed by atoms with Crippen molar-refractivity contribution < 1.29 is 26.8 Å². The molecule has 2 aliphatic rings. The van der Waals surface area contributed by atoms with Crippen LogP contribution in [0, 0.1) is 18.8 Å². The van der Waals surface area contributed by atoms with Crippen molar-refractivity contribution in [2.24, 2.45) is 11.8 Å². The van der Waals surface area contributed by atoms with Gasteiger partial charge in [-0.25, -0.2) is 13.2 Å². The minimum absolute atomic E-state index is 0.0553. The van der Waals surface area contributed by atoms with E-state index in [1.807, 2.05) is 26.8 Å². The zero-order valence-electron chi connectivity index (χ0n) is 20.6. The van der Waals surface area contributed by atoms with Crippen LogP contribution in [0.15, 0.2) is 18.2 Å². The topological polar surface area (TPSA) is 72.9 Å². The van der Waals surface area contributed by atoms with Gasteiger partial charge in [0, 0.05) is 6.54 Å². The van der Waals surface area contributed by atoms with Gasteiger partial charge >= 0.3 is 6.09 Å². The molecule has 2 aliphatic heterocycles. The summed E-state index contributed by atoms with van der Waals surface area (Å²) in [7, 11) is -5.59. The number of hydrogen-bond donors (Lipinski definition) is 0. The maximum atomic E-state index is 13.1. The predicted octanol–water partition coefficient (Wildman–Crippen LogP) is 4.13. The Hall–Kier alpha value is -1.76. The van der Waals surface area contributed by atoms with Crippen molar-refractivity contribution in [3.8, 4) is 5.75 Å². The zero-order valence-corrected chi connectivity index (χ0v) is 18.4. The second-order valence-corrected chi connectivity index (χ2v) is 11.4. The van der Waals surface area contributed by atoms with Crippen LogP contribution in [-0.2, 0) is 14.6 Å². The summed E-state index contributed by atoms with van der Waals surface area (Å²) < 4.78 is 57.2. The first kappa shape index (κ1) is 18.0. The van der Waals surface area contributed by atoms with E-state index in [1.165, 1.54) is 0 Å². The van der Waals surface area contributed by atoms with E-state index in [4.69, 9.17) is 13.6 Å². The smallest absolute Gasteiger partial charge is 0.410 e. The van der Waals surface area contributed by atoms with Crippen LogP contribution in [0.4, 0.5) is 4.79 Å². The Morgan fingerprint density at radius 2 is 1.90 bits per heavy atom. The summed E-state index contributed by atoms with van der Waals surface area (Å²) in [5, 5.41) is 0. The average molecular weight is 427 g/mol. The molecule has 2 heterocycles. The summed E-state index contributed by atoms with van der Waals surface area (Å²) >= 11 is 0. The first-order valence-electron chi connectivity index (χ1n) is 11.7. The molecule has 0 radical (unpaired) electrons. The van der Waals surface area contributed by atoms with Gasteiger partial charge in [-0.15, -0.1) is 0 Å². The summed E-state index contributed by atoms with van der Waals surface area (Å²) in [5.41, 5.74) is 0.825. The molecule has 0 saturated carbocycles. The van der Waals surface area contributed by atoms with Crippen LogP contribution < -0.4 is 4.74 Å². The Morgan fingerprint density at radius 1 is 1.21 bits per heavy atom. The van der Waals surface area contributed by atoms with Crippen molar-refractivity contribution in [3.05, 3.63) is 29.3 Å². The molecule has 162 valence electrons. The van der Waals surface area contributed by atoms with Crippen LogP contribution >= 0.6 is 0 Å². The average Bonchev–Trinajstić information content (AvgIpc) is 3.06. The summed E-state index contributed by atoms with van der Waals surface area (Å²) in [4.78, 5) is 14.8. The minimum atomic E-state index is -3.00. The van der Waals surface area contributed by atoms with Crippen LogP contribution in [0.2, 0.25) is 0 Å². The van der Waals surface area contributed by atoms with Crippen molar-refractivity contribution in [1.29, 1.82) is 0 Å². The van der Waals surface area contributed by atoms with Gasteiger partial charge in [0.05, 0.1) is 28.7 Å². The highest BCUT2D eigenvalue weighted by molar-refractivity contribution is 7.91. The molecule has 0 aromatic heterocycles. The lowest BCUT2D eigenvalue weighted by molar-refractivity contribution is 0.0188. The predicted molar refractivity (Wildman–Crippen MR) is 113 cm³/mol. The lowest BCUT2D eigenvalue weighted by Crippen LogP contribution is -2.39. The summed E-state index contributed by atoms with van der Waals surface area (Å²) in [5.74, 6) is 0.786. The maximum absolute atomic E-state index is 13.1. The van der Waals surface area contributed by atoms with Crippen molar-refractivity contribution >= 4 is 15.9 Å². The standard InChI is InChI=1S/C22H33NO5S/c1-15-17(7-6-8-19(15)27-5)20-18(16-10-13-29(25,26)14-11-16)9-12-23(20)21(24)28-22(2,3)4/h6-8,16,18,20H,9-14H2,1-5H3/t18?,20-/m1/s1/i5D3. The Balaban J connectivity index is 1.98. The van der Waals surface area contributed by atoms with Crippen LogP contribution in [0.25, 0.3) is 0 Å².